The molecule has 0 saturated carbocycles. The van der Waals surface area contributed by atoms with Gasteiger partial charge in [-0.15, -0.1) is 0 Å². The van der Waals surface area contributed by atoms with Gasteiger partial charge in [0, 0.05) is 26.1 Å². The van der Waals surface area contributed by atoms with E-state index in [2.05, 4.69) is 26.8 Å². The molecule has 0 aliphatic carbocycles. The molecule has 1 aromatic carbocycles. The molecule has 2 heterocycles. The molecule has 0 atom stereocenters. The van der Waals surface area contributed by atoms with Crippen LogP contribution in [0.4, 0.5) is 5.82 Å². The molecule has 0 aliphatic heterocycles. The molecule has 4 N–H and O–H groups in total. The Hall–Kier alpha value is -3.73. The van der Waals surface area contributed by atoms with Gasteiger partial charge >= 0.3 is 0 Å². The molecule has 30 heavy (non-hydrogen) atoms. The number of aromatic nitrogens is 2. The van der Waals surface area contributed by atoms with E-state index in [1.54, 1.807) is 10.9 Å². The van der Waals surface area contributed by atoms with E-state index >= 15 is 0 Å². The van der Waals surface area contributed by atoms with Crippen LogP contribution in [-0.4, -0.2) is 35.4 Å². The molecular weight excluding hydrogens is 378 g/mol. The number of hydrogen-bond donors (Lipinski definition) is 3. The highest BCUT2D eigenvalue weighted by molar-refractivity contribution is 5.79. The number of para-hydroxylation sites is 1. The lowest BCUT2D eigenvalue weighted by Crippen LogP contribution is -2.38. The molecule has 0 fully saturated rings. The summed E-state index contributed by atoms with van der Waals surface area (Å²) in [5.41, 5.74) is 8.13. The maximum absolute atomic E-state index is 9.51. The Morgan fingerprint density at radius 1 is 1.20 bits per heavy atom. The zero-order chi connectivity index (χ0) is 21.2. The number of nitrogens with zero attached hydrogens (tertiary/aromatic N) is 4. The highest BCUT2D eigenvalue weighted by Gasteiger charge is 2.16. The topological polar surface area (TPSA) is 117 Å². The number of nitriles is 1. The Labute approximate surface area is 176 Å². The normalized spacial score (nSPS) is 11.3. The molecule has 8 heteroatoms. The molecule has 0 saturated heterocycles. The van der Waals surface area contributed by atoms with Crippen LogP contribution in [0.5, 0.6) is 0 Å². The van der Waals surface area contributed by atoms with E-state index in [0.717, 1.165) is 43.3 Å². The molecule has 2 aromatic heterocycles. The van der Waals surface area contributed by atoms with E-state index in [1.807, 2.05) is 49.4 Å². The molecule has 0 spiro atoms. The van der Waals surface area contributed by atoms with Gasteiger partial charge in [0.15, 0.2) is 5.96 Å². The molecule has 0 radical (unpaired) electrons. The predicted octanol–water partition coefficient (Wildman–Crippen LogP) is 2.65. The second-order valence-corrected chi connectivity index (χ2v) is 6.69. The van der Waals surface area contributed by atoms with Crippen molar-refractivity contribution in [1.29, 1.82) is 5.26 Å². The van der Waals surface area contributed by atoms with Crippen molar-refractivity contribution in [3.05, 3.63) is 65.7 Å². The summed E-state index contributed by atoms with van der Waals surface area (Å²) in [6.45, 7) is 4.15. The first kappa shape index (κ1) is 21.0. The van der Waals surface area contributed by atoms with Crippen LogP contribution >= 0.6 is 0 Å². The predicted molar refractivity (Wildman–Crippen MR) is 117 cm³/mol. The van der Waals surface area contributed by atoms with Gasteiger partial charge in [0.25, 0.3) is 0 Å². The minimum atomic E-state index is 0.370. The first-order chi connectivity index (χ1) is 14.7. The fraction of sp³-hybridized carbons (Fsp3) is 0.318. The Balaban J connectivity index is 1.57. The third-order valence-electron chi connectivity index (χ3n) is 4.54. The van der Waals surface area contributed by atoms with E-state index in [0.29, 0.717) is 30.0 Å². The monoisotopic (exact) mass is 405 g/mol. The largest absolute Gasteiger partial charge is 0.469 e. The van der Waals surface area contributed by atoms with Crippen LogP contribution in [0.25, 0.3) is 5.69 Å². The second kappa shape index (κ2) is 10.7. The maximum Gasteiger partial charge on any atom is 0.191 e. The van der Waals surface area contributed by atoms with Gasteiger partial charge in [0.05, 0.1) is 17.6 Å². The summed E-state index contributed by atoms with van der Waals surface area (Å²) in [6.07, 6.45) is 3.85. The van der Waals surface area contributed by atoms with Gasteiger partial charge in [0.2, 0.25) is 0 Å². The number of nitrogens with one attached hydrogen (secondary N) is 2. The van der Waals surface area contributed by atoms with Gasteiger partial charge < -0.3 is 20.8 Å². The van der Waals surface area contributed by atoms with Crippen molar-refractivity contribution in [2.24, 2.45) is 4.99 Å². The molecule has 0 bridgehead atoms. The maximum atomic E-state index is 9.51. The zero-order valence-corrected chi connectivity index (χ0v) is 17.1. The Bertz CT molecular complexity index is 985. The highest BCUT2D eigenvalue weighted by atomic mass is 16.3. The van der Waals surface area contributed by atoms with Gasteiger partial charge in [0.1, 0.15) is 23.2 Å². The molecular formula is C22H27N7O. The molecule has 0 aliphatic rings. The third kappa shape index (κ3) is 5.41. The zero-order valence-electron chi connectivity index (χ0n) is 17.1. The Morgan fingerprint density at radius 2 is 2.03 bits per heavy atom. The summed E-state index contributed by atoms with van der Waals surface area (Å²) in [6, 6.07) is 15.6. The van der Waals surface area contributed by atoms with Gasteiger partial charge in [-0.2, -0.15) is 10.4 Å². The Morgan fingerprint density at radius 3 is 2.73 bits per heavy atom. The SMILES string of the molecule is CCNC(=NCCCc1nn(-c2ccccc2)c(N)c1C#N)NCCc1ccco1. The number of nitrogens with two attached hydrogens (primary N) is 1. The number of nitrogen functional groups attached to an aromatic ring is 1. The number of anilines is 1. The van der Waals surface area contributed by atoms with Gasteiger partial charge in [-0.3, -0.25) is 4.99 Å². The van der Waals surface area contributed by atoms with Crippen molar-refractivity contribution in [3.63, 3.8) is 0 Å². The number of aliphatic imine (C=N–C) groups is 1. The van der Waals surface area contributed by atoms with Crippen molar-refractivity contribution in [2.75, 3.05) is 25.4 Å². The summed E-state index contributed by atoms with van der Waals surface area (Å²) < 4.78 is 6.96. The number of benzene rings is 1. The van der Waals surface area contributed by atoms with Crippen LogP contribution in [0.3, 0.4) is 0 Å². The van der Waals surface area contributed by atoms with Crippen molar-refractivity contribution in [2.45, 2.75) is 26.2 Å². The standard InChI is InChI=1S/C22H27N7O/c1-2-25-22(27-14-12-18-10-7-15-30-18)26-13-6-11-20-19(16-23)21(24)29(28-20)17-8-4-3-5-9-17/h3-5,7-10,15H,2,6,11-14,24H2,1H3,(H2,25,26,27). The summed E-state index contributed by atoms with van der Waals surface area (Å²) >= 11 is 0. The second-order valence-electron chi connectivity index (χ2n) is 6.69. The number of hydrogen-bond acceptors (Lipinski definition) is 5. The van der Waals surface area contributed by atoms with Crippen LogP contribution in [-0.2, 0) is 12.8 Å². The minimum Gasteiger partial charge on any atom is -0.469 e. The van der Waals surface area contributed by atoms with E-state index in [9.17, 15) is 5.26 Å². The summed E-state index contributed by atoms with van der Waals surface area (Å²) in [4.78, 5) is 4.61. The number of aryl methyl sites for hydroxylation is 1. The van der Waals surface area contributed by atoms with Gasteiger partial charge in [-0.25, -0.2) is 4.68 Å². The van der Waals surface area contributed by atoms with Crippen LogP contribution in [0, 0.1) is 11.3 Å². The first-order valence-electron chi connectivity index (χ1n) is 10.1. The third-order valence-corrected chi connectivity index (χ3v) is 4.54. The first-order valence-corrected chi connectivity index (χ1v) is 10.1. The van der Waals surface area contributed by atoms with E-state index in [1.165, 1.54) is 0 Å². The molecule has 0 unspecified atom stereocenters. The fourth-order valence-corrected chi connectivity index (χ4v) is 3.08. The van der Waals surface area contributed by atoms with Crippen molar-refractivity contribution in [1.82, 2.24) is 20.4 Å². The average molecular weight is 406 g/mol. The van der Waals surface area contributed by atoms with Crippen LogP contribution < -0.4 is 16.4 Å². The highest BCUT2D eigenvalue weighted by Crippen LogP contribution is 2.21. The molecule has 8 nitrogen and oxygen atoms in total. The van der Waals surface area contributed by atoms with Gasteiger partial charge in [-0.1, -0.05) is 18.2 Å². The van der Waals surface area contributed by atoms with Crippen LogP contribution in [0.1, 0.15) is 30.4 Å². The van der Waals surface area contributed by atoms with E-state index < -0.39 is 0 Å². The number of guanidine groups is 1. The molecule has 156 valence electrons. The summed E-state index contributed by atoms with van der Waals surface area (Å²) in [7, 11) is 0. The van der Waals surface area contributed by atoms with Crippen LogP contribution in [0.15, 0.2) is 58.1 Å². The smallest absolute Gasteiger partial charge is 0.191 e. The van der Waals surface area contributed by atoms with Crippen molar-refractivity contribution < 1.29 is 4.42 Å². The summed E-state index contributed by atoms with van der Waals surface area (Å²) in [5.74, 6) is 2.07. The van der Waals surface area contributed by atoms with E-state index in [-0.39, 0.29) is 0 Å². The average Bonchev–Trinajstić information content (AvgIpc) is 3.39. The lowest BCUT2D eigenvalue weighted by molar-refractivity contribution is 0.507. The number of rotatable bonds is 9. The quantitative estimate of drug-likeness (QED) is 0.286. The fourth-order valence-electron chi connectivity index (χ4n) is 3.08. The number of furan rings is 1. The van der Waals surface area contributed by atoms with Gasteiger partial charge in [-0.05, 0) is 44.0 Å². The van der Waals surface area contributed by atoms with Crippen molar-refractivity contribution >= 4 is 11.8 Å². The molecule has 3 rings (SSSR count). The van der Waals surface area contributed by atoms with Crippen LogP contribution in [0.2, 0.25) is 0 Å². The molecule has 0 amide bonds. The summed E-state index contributed by atoms with van der Waals surface area (Å²) in [5, 5.41) is 20.6. The minimum absolute atomic E-state index is 0.370. The molecule has 3 aromatic rings. The van der Waals surface area contributed by atoms with E-state index in [4.69, 9.17) is 10.2 Å². The van der Waals surface area contributed by atoms with Crippen molar-refractivity contribution in [3.8, 4) is 11.8 Å². The lowest BCUT2D eigenvalue weighted by atomic mass is 10.1. The Kier molecular flexibility index (Phi) is 7.50. The lowest BCUT2D eigenvalue weighted by Gasteiger charge is -2.10.